The zero-order chi connectivity index (χ0) is 18.7. The van der Waals surface area contributed by atoms with Crippen molar-refractivity contribution < 1.29 is 18.8 Å². The van der Waals surface area contributed by atoms with Crippen LogP contribution in [0.5, 0.6) is 11.6 Å². The second kappa shape index (κ2) is 7.29. The van der Waals surface area contributed by atoms with Crippen LogP contribution in [-0.2, 0) is 7.05 Å². The Kier molecular flexibility index (Phi) is 5.35. The zero-order valence-corrected chi connectivity index (χ0v) is 14.4. The van der Waals surface area contributed by atoms with Gasteiger partial charge in [-0.05, 0) is 19.4 Å². The number of aryl methyl sites for hydroxylation is 1. The van der Waals surface area contributed by atoms with E-state index in [-0.39, 0.29) is 28.9 Å². The number of nitrogens with zero attached hydrogens (tertiary/aromatic N) is 4. The van der Waals surface area contributed by atoms with Crippen LogP contribution in [0.4, 0.5) is 10.1 Å². The van der Waals surface area contributed by atoms with Crippen LogP contribution < -0.4 is 4.74 Å². The zero-order valence-electron chi connectivity index (χ0n) is 14.4. The molecule has 0 aliphatic rings. The molecule has 134 valence electrons. The van der Waals surface area contributed by atoms with Crippen molar-refractivity contribution in [3.8, 4) is 11.6 Å². The molecule has 25 heavy (non-hydrogen) atoms. The number of hydrogen-bond acceptors (Lipinski definition) is 5. The highest BCUT2D eigenvalue weighted by atomic mass is 19.1. The van der Waals surface area contributed by atoms with Crippen LogP contribution in [0.15, 0.2) is 18.2 Å². The Balaban J connectivity index is 2.32. The number of non-ortho nitro benzene ring substituents is 1. The maximum Gasteiger partial charge on any atom is 0.274 e. The van der Waals surface area contributed by atoms with Crippen LogP contribution in [0, 0.1) is 22.9 Å². The lowest BCUT2D eigenvalue weighted by atomic mass is 10.2. The van der Waals surface area contributed by atoms with Crippen molar-refractivity contribution >= 4 is 11.6 Å². The summed E-state index contributed by atoms with van der Waals surface area (Å²) in [6, 6.07) is 3.10. The summed E-state index contributed by atoms with van der Waals surface area (Å²) in [5.41, 5.74) is 0.313. The van der Waals surface area contributed by atoms with Crippen LogP contribution in [0.25, 0.3) is 0 Å². The van der Waals surface area contributed by atoms with Gasteiger partial charge >= 0.3 is 0 Å². The van der Waals surface area contributed by atoms with E-state index in [1.54, 1.807) is 25.9 Å². The monoisotopic (exact) mass is 350 g/mol. The molecule has 0 atom stereocenters. The molecule has 1 aromatic carbocycles. The van der Waals surface area contributed by atoms with Gasteiger partial charge in [-0.15, -0.1) is 0 Å². The molecule has 0 radical (unpaired) electrons. The summed E-state index contributed by atoms with van der Waals surface area (Å²) >= 11 is 0. The molecule has 8 nitrogen and oxygen atoms in total. The molecule has 0 saturated carbocycles. The largest absolute Gasteiger partial charge is 0.436 e. The fourth-order valence-electron chi connectivity index (χ4n) is 2.37. The predicted molar refractivity (Wildman–Crippen MR) is 88.3 cm³/mol. The number of benzene rings is 1. The quantitative estimate of drug-likeness (QED) is 0.590. The van der Waals surface area contributed by atoms with E-state index in [1.807, 2.05) is 6.92 Å². The molecule has 1 heterocycles. The smallest absolute Gasteiger partial charge is 0.274 e. The summed E-state index contributed by atoms with van der Waals surface area (Å²) in [5, 5.41) is 14.8. The molecule has 2 rings (SSSR count). The van der Waals surface area contributed by atoms with E-state index in [2.05, 4.69) is 5.10 Å². The van der Waals surface area contributed by atoms with Crippen LogP contribution >= 0.6 is 0 Å². The lowest BCUT2D eigenvalue weighted by Gasteiger charge is -2.14. The Morgan fingerprint density at radius 2 is 2.16 bits per heavy atom. The standard InChI is InChI=1S/C16H19FN4O4/c1-5-8-19(3)15(22)14-10(2)16(20(4)18-14)25-13-7-6-11(21(23)24)9-12(13)17/h6-7,9H,5,8H2,1-4H3. The molecule has 0 aliphatic carbocycles. The summed E-state index contributed by atoms with van der Waals surface area (Å²) in [6.07, 6.45) is 0.811. The highest BCUT2D eigenvalue weighted by molar-refractivity contribution is 5.94. The van der Waals surface area contributed by atoms with E-state index >= 15 is 0 Å². The van der Waals surface area contributed by atoms with E-state index in [9.17, 15) is 19.3 Å². The molecule has 0 N–H and O–H groups in total. The predicted octanol–water partition coefficient (Wildman–Crippen LogP) is 3.05. The van der Waals surface area contributed by atoms with Gasteiger partial charge in [0.25, 0.3) is 11.6 Å². The van der Waals surface area contributed by atoms with E-state index in [0.717, 1.165) is 18.6 Å². The van der Waals surface area contributed by atoms with Gasteiger partial charge in [-0.1, -0.05) is 6.92 Å². The van der Waals surface area contributed by atoms with Crippen LogP contribution in [0.3, 0.4) is 0 Å². The van der Waals surface area contributed by atoms with Gasteiger partial charge in [-0.25, -0.2) is 9.07 Å². The maximum atomic E-state index is 14.0. The summed E-state index contributed by atoms with van der Waals surface area (Å²) in [6.45, 7) is 4.20. The van der Waals surface area contributed by atoms with E-state index in [4.69, 9.17) is 4.74 Å². The molecular formula is C16H19FN4O4. The third-order valence-electron chi connectivity index (χ3n) is 3.66. The number of amides is 1. The average molecular weight is 350 g/mol. The van der Waals surface area contributed by atoms with E-state index < -0.39 is 10.7 Å². The van der Waals surface area contributed by atoms with Gasteiger partial charge in [0, 0.05) is 32.3 Å². The molecular weight excluding hydrogens is 331 g/mol. The summed E-state index contributed by atoms with van der Waals surface area (Å²) < 4.78 is 20.9. The molecule has 1 aromatic heterocycles. The minimum absolute atomic E-state index is 0.183. The summed E-state index contributed by atoms with van der Waals surface area (Å²) in [7, 11) is 3.25. The molecule has 0 fully saturated rings. The first-order chi connectivity index (χ1) is 11.8. The highest BCUT2D eigenvalue weighted by Gasteiger charge is 2.23. The molecule has 1 amide bonds. The van der Waals surface area contributed by atoms with Crippen molar-refractivity contribution in [3.63, 3.8) is 0 Å². The fraction of sp³-hybridized carbons (Fsp3) is 0.375. The van der Waals surface area contributed by atoms with Crippen molar-refractivity contribution in [1.82, 2.24) is 14.7 Å². The van der Waals surface area contributed by atoms with Crippen LogP contribution in [0.2, 0.25) is 0 Å². The summed E-state index contributed by atoms with van der Waals surface area (Å²) in [5.74, 6) is -1.11. The molecule has 0 bridgehead atoms. The molecule has 0 aliphatic heterocycles. The number of halogens is 1. The molecule has 9 heteroatoms. The topological polar surface area (TPSA) is 90.5 Å². The van der Waals surface area contributed by atoms with Gasteiger partial charge < -0.3 is 9.64 Å². The SMILES string of the molecule is CCCN(C)C(=O)c1nn(C)c(Oc2ccc([N+](=O)[O-])cc2F)c1C. The number of hydrogen-bond donors (Lipinski definition) is 0. The fourth-order valence-corrected chi connectivity index (χ4v) is 2.37. The normalized spacial score (nSPS) is 10.6. The number of carbonyl (C=O) groups is 1. The lowest BCUT2D eigenvalue weighted by Crippen LogP contribution is -2.28. The minimum atomic E-state index is -0.870. The number of carbonyl (C=O) groups excluding carboxylic acids is 1. The number of rotatable bonds is 6. The Labute approximate surface area is 144 Å². The Hall–Kier alpha value is -2.97. The molecule has 2 aromatic rings. The second-order valence-corrected chi connectivity index (χ2v) is 5.60. The Morgan fingerprint density at radius 3 is 2.72 bits per heavy atom. The van der Waals surface area contributed by atoms with Crippen molar-refractivity contribution in [2.75, 3.05) is 13.6 Å². The van der Waals surface area contributed by atoms with Gasteiger partial charge in [0.05, 0.1) is 11.0 Å². The highest BCUT2D eigenvalue weighted by Crippen LogP contribution is 2.30. The second-order valence-electron chi connectivity index (χ2n) is 5.60. The van der Waals surface area contributed by atoms with Gasteiger partial charge in [0.2, 0.25) is 5.88 Å². The third kappa shape index (κ3) is 3.76. The van der Waals surface area contributed by atoms with Crippen LogP contribution in [0.1, 0.15) is 29.4 Å². The Bertz CT molecular complexity index is 819. The number of ether oxygens (including phenoxy) is 1. The Morgan fingerprint density at radius 1 is 1.48 bits per heavy atom. The minimum Gasteiger partial charge on any atom is -0.436 e. The van der Waals surface area contributed by atoms with Crippen molar-refractivity contribution in [3.05, 3.63) is 45.4 Å². The number of aromatic nitrogens is 2. The first kappa shape index (κ1) is 18.4. The van der Waals surface area contributed by atoms with Gasteiger partial charge in [0.1, 0.15) is 0 Å². The summed E-state index contributed by atoms with van der Waals surface area (Å²) in [4.78, 5) is 23.9. The maximum absolute atomic E-state index is 14.0. The molecule has 0 unspecified atom stereocenters. The number of nitro benzene ring substituents is 1. The third-order valence-corrected chi connectivity index (χ3v) is 3.66. The first-order valence-electron chi connectivity index (χ1n) is 7.67. The molecule has 0 spiro atoms. The van der Waals surface area contributed by atoms with Gasteiger partial charge in [-0.2, -0.15) is 5.10 Å². The van der Waals surface area contributed by atoms with Gasteiger partial charge in [0.15, 0.2) is 17.3 Å². The van der Waals surface area contributed by atoms with Crippen molar-refractivity contribution in [2.45, 2.75) is 20.3 Å². The first-order valence-corrected chi connectivity index (χ1v) is 7.67. The molecule has 0 saturated heterocycles. The van der Waals surface area contributed by atoms with E-state index in [0.29, 0.717) is 12.1 Å². The van der Waals surface area contributed by atoms with Crippen LogP contribution in [-0.4, -0.2) is 39.1 Å². The van der Waals surface area contributed by atoms with Crippen molar-refractivity contribution in [1.29, 1.82) is 0 Å². The van der Waals surface area contributed by atoms with Gasteiger partial charge in [-0.3, -0.25) is 14.9 Å². The number of nitro groups is 1. The van der Waals surface area contributed by atoms with Crippen molar-refractivity contribution in [2.24, 2.45) is 7.05 Å². The average Bonchev–Trinajstić information content (AvgIpc) is 2.83. The van der Waals surface area contributed by atoms with E-state index in [1.165, 1.54) is 10.7 Å². The lowest BCUT2D eigenvalue weighted by molar-refractivity contribution is -0.385.